The molecule has 4 rings (SSSR count). The zero-order valence-corrected chi connectivity index (χ0v) is 16.0. The van der Waals surface area contributed by atoms with Crippen molar-refractivity contribution in [3.63, 3.8) is 0 Å². The van der Waals surface area contributed by atoms with Gasteiger partial charge in [-0.3, -0.25) is 0 Å². The second-order valence-electron chi connectivity index (χ2n) is 7.15. The zero-order valence-electron chi connectivity index (χ0n) is 15.1. The van der Waals surface area contributed by atoms with Crippen LogP contribution in [0.4, 0.5) is 4.39 Å². The third kappa shape index (κ3) is 3.90. The van der Waals surface area contributed by atoms with Crippen LogP contribution in [0.1, 0.15) is 36.0 Å². The smallest absolute Gasteiger partial charge is 0.218 e. The number of fused-ring (bicyclic) bond motifs is 1. The van der Waals surface area contributed by atoms with Gasteiger partial charge in [-0.1, -0.05) is 18.2 Å². The first-order valence-corrected chi connectivity index (χ1v) is 11.0. The van der Waals surface area contributed by atoms with Crippen LogP contribution in [0.5, 0.6) is 0 Å². The summed E-state index contributed by atoms with van der Waals surface area (Å²) in [7, 11) is -3.53. The Kier molecular flexibility index (Phi) is 5.25. The summed E-state index contributed by atoms with van der Waals surface area (Å²) in [5.74, 6) is 1.42. The monoisotopic (exact) mass is 393 g/mol. The molecule has 0 unspecified atom stereocenters. The lowest BCUT2D eigenvalue weighted by atomic mass is 9.97. The van der Waals surface area contributed by atoms with E-state index in [9.17, 15) is 12.8 Å². The van der Waals surface area contributed by atoms with Crippen LogP contribution in [0, 0.1) is 5.82 Å². The van der Waals surface area contributed by atoms with E-state index < -0.39 is 15.8 Å². The maximum absolute atomic E-state index is 13.8. The number of sulfonamides is 1. The summed E-state index contributed by atoms with van der Waals surface area (Å²) in [4.78, 5) is 0. The van der Waals surface area contributed by atoms with Gasteiger partial charge in [0.2, 0.25) is 10.0 Å². The molecule has 0 amide bonds. The van der Waals surface area contributed by atoms with Gasteiger partial charge >= 0.3 is 0 Å². The Balaban J connectivity index is 1.43. The van der Waals surface area contributed by atoms with Gasteiger partial charge in [0, 0.05) is 50.6 Å². The molecule has 2 aliphatic rings. The van der Waals surface area contributed by atoms with Crippen molar-refractivity contribution in [2.45, 2.75) is 37.5 Å². The molecule has 2 aromatic rings. The number of aromatic nitrogens is 3. The largest absolute Gasteiger partial charge is 0.315 e. The number of rotatable bonds is 4. The molecule has 1 fully saturated rings. The molecular weight excluding hydrogens is 369 g/mol. The van der Waals surface area contributed by atoms with Crippen molar-refractivity contribution in [2.24, 2.45) is 0 Å². The van der Waals surface area contributed by atoms with Gasteiger partial charge < -0.3 is 9.88 Å². The van der Waals surface area contributed by atoms with Crippen LogP contribution in [0.3, 0.4) is 0 Å². The van der Waals surface area contributed by atoms with E-state index in [0.717, 1.165) is 37.7 Å². The van der Waals surface area contributed by atoms with E-state index in [0.29, 0.717) is 25.9 Å². The average Bonchev–Trinajstić information content (AvgIpc) is 2.92. The molecule has 0 bridgehead atoms. The number of piperidine rings is 1. The molecular formula is C18H24FN5O2S. The van der Waals surface area contributed by atoms with Crippen molar-refractivity contribution in [1.82, 2.24) is 24.4 Å². The third-order valence-electron chi connectivity index (χ3n) is 5.40. The van der Waals surface area contributed by atoms with Gasteiger partial charge in [0.15, 0.2) is 0 Å². The molecule has 0 atom stereocenters. The molecule has 0 saturated carbocycles. The number of nitrogens with zero attached hydrogens (tertiary/aromatic N) is 4. The molecule has 146 valence electrons. The van der Waals surface area contributed by atoms with Crippen LogP contribution >= 0.6 is 0 Å². The Bertz CT molecular complexity index is 906. The molecule has 0 radical (unpaired) electrons. The summed E-state index contributed by atoms with van der Waals surface area (Å²) in [5.41, 5.74) is 0.217. The molecule has 1 aromatic heterocycles. The standard InChI is InChI=1S/C18H24FN5O2S/c19-16-4-2-1-3-15(16)13-27(25,26)23-10-6-14(7-11-23)18-22-21-17-5-8-20-9-12-24(17)18/h1-4,14,20H,5-13H2. The number of benzene rings is 1. The van der Waals surface area contributed by atoms with Crippen molar-refractivity contribution < 1.29 is 12.8 Å². The quantitative estimate of drug-likeness (QED) is 0.846. The topological polar surface area (TPSA) is 80.1 Å². The fourth-order valence-electron chi connectivity index (χ4n) is 3.89. The lowest BCUT2D eigenvalue weighted by Crippen LogP contribution is -2.39. The Morgan fingerprint density at radius 1 is 1.11 bits per heavy atom. The molecule has 1 aromatic carbocycles. The van der Waals surface area contributed by atoms with Gasteiger partial charge in [-0.25, -0.2) is 17.1 Å². The number of halogens is 1. The highest BCUT2D eigenvalue weighted by molar-refractivity contribution is 7.88. The van der Waals surface area contributed by atoms with Crippen LogP contribution in [0.15, 0.2) is 24.3 Å². The van der Waals surface area contributed by atoms with Crippen LogP contribution in [0.25, 0.3) is 0 Å². The lowest BCUT2D eigenvalue weighted by Gasteiger charge is -2.31. The maximum atomic E-state index is 13.8. The third-order valence-corrected chi connectivity index (χ3v) is 7.23. The second-order valence-corrected chi connectivity index (χ2v) is 9.12. The van der Waals surface area contributed by atoms with Crippen molar-refractivity contribution in [3.8, 4) is 0 Å². The molecule has 2 aliphatic heterocycles. The number of hydrogen-bond acceptors (Lipinski definition) is 5. The van der Waals surface area contributed by atoms with Gasteiger partial charge in [-0.2, -0.15) is 0 Å². The molecule has 0 aliphatic carbocycles. The van der Waals surface area contributed by atoms with Crippen molar-refractivity contribution in [3.05, 3.63) is 47.3 Å². The van der Waals surface area contributed by atoms with Crippen molar-refractivity contribution >= 4 is 10.0 Å². The summed E-state index contributed by atoms with van der Waals surface area (Å²) in [6.07, 6.45) is 2.28. The highest BCUT2D eigenvalue weighted by Crippen LogP contribution is 2.29. The van der Waals surface area contributed by atoms with Crippen molar-refractivity contribution in [1.29, 1.82) is 0 Å². The summed E-state index contributed by atoms with van der Waals surface area (Å²) in [6, 6.07) is 6.04. The van der Waals surface area contributed by atoms with E-state index in [-0.39, 0.29) is 17.2 Å². The highest BCUT2D eigenvalue weighted by atomic mass is 32.2. The second kappa shape index (κ2) is 7.65. The van der Waals surface area contributed by atoms with Crippen LogP contribution in [-0.2, 0) is 28.7 Å². The fourth-order valence-corrected chi connectivity index (χ4v) is 5.47. The molecule has 1 N–H and O–H groups in total. The minimum absolute atomic E-state index is 0.212. The van der Waals surface area contributed by atoms with Gasteiger partial charge in [0.25, 0.3) is 0 Å². The molecule has 7 nitrogen and oxygen atoms in total. The Hall–Kier alpha value is -1.84. The predicted octanol–water partition coefficient (Wildman–Crippen LogP) is 1.27. The number of hydrogen-bond donors (Lipinski definition) is 1. The maximum Gasteiger partial charge on any atom is 0.218 e. The van der Waals surface area contributed by atoms with Crippen LogP contribution in [0.2, 0.25) is 0 Å². The molecule has 1 saturated heterocycles. The van der Waals surface area contributed by atoms with Gasteiger partial charge in [-0.15, -0.1) is 10.2 Å². The Morgan fingerprint density at radius 3 is 2.67 bits per heavy atom. The first kappa shape index (κ1) is 18.5. The normalized spacial score (nSPS) is 19.6. The van der Waals surface area contributed by atoms with Gasteiger partial charge in [0.05, 0.1) is 5.75 Å². The lowest BCUT2D eigenvalue weighted by molar-refractivity contribution is 0.308. The van der Waals surface area contributed by atoms with Gasteiger partial charge in [0.1, 0.15) is 17.5 Å². The molecule has 27 heavy (non-hydrogen) atoms. The van der Waals surface area contributed by atoms with Crippen LogP contribution < -0.4 is 5.32 Å². The Labute approximate surface area is 158 Å². The van der Waals surface area contributed by atoms with E-state index in [1.807, 2.05) is 0 Å². The van der Waals surface area contributed by atoms with E-state index in [1.54, 1.807) is 12.1 Å². The first-order chi connectivity index (χ1) is 13.0. The average molecular weight is 393 g/mol. The molecule has 3 heterocycles. The summed E-state index contributed by atoms with van der Waals surface area (Å²) >= 11 is 0. The zero-order chi connectivity index (χ0) is 18.9. The minimum atomic E-state index is -3.53. The Morgan fingerprint density at radius 2 is 1.89 bits per heavy atom. The SMILES string of the molecule is O=S(=O)(Cc1ccccc1F)N1CCC(c2nnc3n2CCNCC3)CC1. The van der Waals surface area contributed by atoms with E-state index in [1.165, 1.54) is 16.4 Å². The predicted molar refractivity (Wildman–Crippen MR) is 99.2 cm³/mol. The van der Waals surface area contributed by atoms with E-state index in [4.69, 9.17) is 0 Å². The van der Waals surface area contributed by atoms with Crippen LogP contribution in [-0.4, -0.2) is 53.7 Å². The summed E-state index contributed by atoms with van der Waals surface area (Å²) < 4.78 is 42.9. The van der Waals surface area contributed by atoms with E-state index >= 15 is 0 Å². The first-order valence-electron chi connectivity index (χ1n) is 9.38. The minimum Gasteiger partial charge on any atom is -0.315 e. The molecule has 9 heteroatoms. The number of nitrogens with one attached hydrogen (secondary N) is 1. The fraction of sp³-hybridized carbons (Fsp3) is 0.556. The molecule has 0 spiro atoms. The summed E-state index contributed by atoms with van der Waals surface area (Å²) in [6.45, 7) is 3.52. The van der Waals surface area contributed by atoms with E-state index in [2.05, 4.69) is 20.1 Å². The summed E-state index contributed by atoms with van der Waals surface area (Å²) in [5, 5.41) is 12.1. The van der Waals surface area contributed by atoms with Gasteiger partial charge in [-0.05, 0) is 18.9 Å². The van der Waals surface area contributed by atoms with Crippen molar-refractivity contribution in [2.75, 3.05) is 26.2 Å². The highest BCUT2D eigenvalue weighted by Gasteiger charge is 2.32.